The Morgan fingerprint density at radius 3 is 1.79 bits per heavy atom. The molecule has 0 aromatic carbocycles. The number of aliphatic hydroxyl groups is 6. The van der Waals surface area contributed by atoms with Crippen LogP contribution in [0.2, 0.25) is 0 Å². The quantitative estimate of drug-likeness (QED) is 0.0274. The SMILES string of the molecule is CCCCCCCCCCCCCC/C=C/C(O)C(=O)NC(CO[C@@H]1O[C@H](CO)[C@@H](O)[C@H](O)[C@H]1O)C(O)/C=C/CC/C=C(\C)CCCCCCCCC. The summed E-state index contributed by atoms with van der Waals surface area (Å²) in [4.78, 5) is 13.0. The summed E-state index contributed by atoms with van der Waals surface area (Å²) in [7, 11) is 0. The molecule has 310 valence electrons. The van der Waals surface area contributed by atoms with E-state index in [0.717, 1.165) is 32.1 Å². The van der Waals surface area contributed by atoms with Gasteiger partial charge in [0.05, 0.1) is 25.4 Å². The second-order valence-electron chi connectivity index (χ2n) is 15.1. The molecular weight excluding hydrogens is 674 g/mol. The highest BCUT2D eigenvalue weighted by Gasteiger charge is 2.44. The Morgan fingerprint density at radius 2 is 1.23 bits per heavy atom. The maximum absolute atomic E-state index is 13.0. The molecule has 0 spiro atoms. The number of ether oxygens (including phenoxy) is 2. The van der Waals surface area contributed by atoms with Crippen LogP contribution in [0.25, 0.3) is 0 Å². The molecule has 7 N–H and O–H groups in total. The summed E-state index contributed by atoms with van der Waals surface area (Å²) in [6, 6.07) is -1.03. The molecule has 0 radical (unpaired) electrons. The third kappa shape index (κ3) is 23.8. The molecule has 0 aromatic rings. The van der Waals surface area contributed by atoms with Gasteiger partial charge in [-0.3, -0.25) is 4.79 Å². The Kier molecular flexibility index (Phi) is 30.4. The van der Waals surface area contributed by atoms with Crippen molar-refractivity contribution in [3.8, 4) is 0 Å². The average molecular weight is 754 g/mol. The number of carbonyl (C=O) groups is 1. The first kappa shape index (κ1) is 49.4. The molecule has 0 aromatic heterocycles. The van der Waals surface area contributed by atoms with Crippen LogP contribution in [0, 0.1) is 0 Å². The van der Waals surface area contributed by atoms with Gasteiger partial charge in [0.1, 0.15) is 24.4 Å². The van der Waals surface area contributed by atoms with Gasteiger partial charge >= 0.3 is 0 Å². The van der Waals surface area contributed by atoms with Gasteiger partial charge in [-0.05, 0) is 45.4 Å². The van der Waals surface area contributed by atoms with Crippen LogP contribution in [0.4, 0.5) is 0 Å². The molecule has 1 rings (SSSR count). The van der Waals surface area contributed by atoms with Crippen LogP contribution in [0.5, 0.6) is 0 Å². The van der Waals surface area contributed by atoms with Crippen LogP contribution in [0.1, 0.15) is 168 Å². The Balaban J connectivity index is 2.59. The van der Waals surface area contributed by atoms with Gasteiger partial charge in [-0.25, -0.2) is 0 Å². The molecule has 1 saturated heterocycles. The van der Waals surface area contributed by atoms with E-state index in [0.29, 0.717) is 6.42 Å². The first-order valence-electron chi connectivity index (χ1n) is 21.2. The number of hydrogen-bond donors (Lipinski definition) is 7. The second-order valence-corrected chi connectivity index (χ2v) is 15.1. The molecule has 1 aliphatic rings. The maximum atomic E-state index is 13.0. The van der Waals surface area contributed by atoms with Gasteiger partial charge in [0.15, 0.2) is 12.4 Å². The van der Waals surface area contributed by atoms with Crippen molar-refractivity contribution < 1.29 is 44.9 Å². The van der Waals surface area contributed by atoms with E-state index >= 15 is 0 Å². The zero-order valence-electron chi connectivity index (χ0n) is 33.6. The van der Waals surface area contributed by atoms with Crippen molar-refractivity contribution in [1.82, 2.24) is 5.32 Å². The lowest BCUT2D eigenvalue weighted by molar-refractivity contribution is -0.302. The number of aliphatic hydroxyl groups excluding tert-OH is 6. The van der Waals surface area contributed by atoms with Gasteiger partial charge in [0.25, 0.3) is 5.91 Å². The lowest BCUT2D eigenvalue weighted by atomic mass is 9.99. The number of allylic oxidation sites excluding steroid dienone is 4. The zero-order chi connectivity index (χ0) is 39.1. The van der Waals surface area contributed by atoms with Crippen molar-refractivity contribution >= 4 is 5.91 Å². The maximum Gasteiger partial charge on any atom is 0.253 e. The molecule has 0 saturated carbocycles. The molecule has 1 fully saturated rings. The van der Waals surface area contributed by atoms with E-state index in [1.807, 2.05) is 6.08 Å². The number of carbonyl (C=O) groups excluding carboxylic acids is 1. The fourth-order valence-electron chi connectivity index (χ4n) is 6.57. The van der Waals surface area contributed by atoms with Crippen LogP contribution in [0.15, 0.2) is 36.0 Å². The highest BCUT2D eigenvalue weighted by Crippen LogP contribution is 2.22. The number of unbranched alkanes of at least 4 members (excludes halogenated alkanes) is 19. The third-order valence-electron chi connectivity index (χ3n) is 10.2. The summed E-state index contributed by atoms with van der Waals surface area (Å²) < 4.78 is 11.1. The molecule has 53 heavy (non-hydrogen) atoms. The van der Waals surface area contributed by atoms with Crippen molar-refractivity contribution in [3.63, 3.8) is 0 Å². The number of amides is 1. The van der Waals surface area contributed by atoms with Crippen LogP contribution in [-0.2, 0) is 14.3 Å². The standard InChI is InChI=1S/C43H79NO9/c1-4-6-8-10-12-13-14-15-16-17-18-20-22-26-31-37(47)42(51)44-35(33-52-43-41(50)40(49)39(48)38(32-45)53-43)36(46)30-27-23-25-29-34(3)28-24-21-19-11-9-7-5-2/h26-27,29-31,35-41,43,45-50H,4-25,28,32-33H2,1-3H3,(H,44,51)/b30-27+,31-26+,34-29+/t35?,36?,37?,38-,39-,40+,41-,43-/m1/s1. The van der Waals surface area contributed by atoms with Crippen molar-refractivity contribution in [2.45, 2.75) is 217 Å². The van der Waals surface area contributed by atoms with Crippen molar-refractivity contribution in [3.05, 3.63) is 36.0 Å². The van der Waals surface area contributed by atoms with E-state index in [1.54, 1.807) is 12.2 Å². The summed E-state index contributed by atoms with van der Waals surface area (Å²) in [5, 5.41) is 64.4. The Labute approximate surface area is 322 Å². The first-order valence-corrected chi connectivity index (χ1v) is 21.2. The van der Waals surface area contributed by atoms with E-state index in [-0.39, 0.29) is 6.61 Å². The Bertz CT molecular complexity index is 971. The van der Waals surface area contributed by atoms with Gasteiger partial charge in [-0.1, -0.05) is 159 Å². The summed E-state index contributed by atoms with van der Waals surface area (Å²) in [6.45, 7) is 5.67. The number of hydrogen-bond acceptors (Lipinski definition) is 9. The van der Waals surface area contributed by atoms with E-state index in [1.165, 1.54) is 121 Å². The highest BCUT2D eigenvalue weighted by atomic mass is 16.7. The van der Waals surface area contributed by atoms with Gasteiger partial charge in [-0.2, -0.15) is 0 Å². The first-order chi connectivity index (χ1) is 25.7. The van der Waals surface area contributed by atoms with Crippen LogP contribution >= 0.6 is 0 Å². The summed E-state index contributed by atoms with van der Waals surface area (Å²) in [6.07, 6.45) is 26.3. The van der Waals surface area contributed by atoms with E-state index in [2.05, 4.69) is 32.2 Å². The van der Waals surface area contributed by atoms with E-state index < -0.39 is 61.5 Å². The minimum Gasteiger partial charge on any atom is -0.394 e. The van der Waals surface area contributed by atoms with Crippen LogP contribution in [0.3, 0.4) is 0 Å². The Hall–Kier alpha value is -1.63. The molecule has 1 amide bonds. The second kappa shape index (κ2) is 32.6. The highest BCUT2D eigenvalue weighted by molar-refractivity contribution is 5.82. The molecule has 8 atom stereocenters. The molecule has 0 bridgehead atoms. The van der Waals surface area contributed by atoms with Crippen LogP contribution in [-0.4, -0.2) is 98.7 Å². The minimum atomic E-state index is -1.62. The fraction of sp³-hybridized carbons (Fsp3) is 0.837. The van der Waals surface area contributed by atoms with E-state index in [4.69, 9.17) is 9.47 Å². The smallest absolute Gasteiger partial charge is 0.253 e. The third-order valence-corrected chi connectivity index (χ3v) is 10.2. The van der Waals surface area contributed by atoms with Crippen LogP contribution < -0.4 is 5.32 Å². The molecule has 3 unspecified atom stereocenters. The minimum absolute atomic E-state index is 0.341. The lowest BCUT2D eigenvalue weighted by Gasteiger charge is -2.40. The molecule has 1 aliphatic heterocycles. The normalized spacial score (nSPS) is 22.8. The predicted octanol–water partition coefficient (Wildman–Crippen LogP) is 7.08. The van der Waals surface area contributed by atoms with Gasteiger partial charge in [0.2, 0.25) is 0 Å². The molecular formula is C43H79NO9. The molecule has 1 heterocycles. The van der Waals surface area contributed by atoms with E-state index in [9.17, 15) is 35.4 Å². The predicted molar refractivity (Wildman–Crippen MR) is 213 cm³/mol. The molecule has 10 nitrogen and oxygen atoms in total. The molecule has 10 heteroatoms. The van der Waals surface area contributed by atoms with Gasteiger partial charge < -0.3 is 45.4 Å². The van der Waals surface area contributed by atoms with Crippen molar-refractivity contribution in [2.24, 2.45) is 0 Å². The van der Waals surface area contributed by atoms with Crippen molar-refractivity contribution in [1.29, 1.82) is 0 Å². The summed E-state index contributed by atoms with van der Waals surface area (Å²) >= 11 is 0. The lowest BCUT2D eigenvalue weighted by Crippen LogP contribution is -2.60. The average Bonchev–Trinajstić information content (AvgIpc) is 3.15. The largest absolute Gasteiger partial charge is 0.394 e. The Morgan fingerprint density at radius 1 is 0.698 bits per heavy atom. The zero-order valence-corrected chi connectivity index (χ0v) is 33.6. The van der Waals surface area contributed by atoms with Crippen molar-refractivity contribution in [2.75, 3.05) is 13.2 Å². The summed E-state index contributed by atoms with van der Waals surface area (Å²) in [5.74, 6) is -0.713. The van der Waals surface area contributed by atoms with Gasteiger partial charge in [0, 0.05) is 0 Å². The monoisotopic (exact) mass is 754 g/mol. The number of rotatable bonds is 33. The van der Waals surface area contributed by atoms with Gasteiger partial charge in [-0.15, -0.1) is 0 Å². The fourth-order valence-corrected chi connectivity index (χ4v) is 6.57. The topological polar surface area (TPSA) is 169 Å². The summed E-state index contributed by atoms with van der Waals surface area (Å²) in [5.41, 5.74) is 1.35. The number of nitrogens with one attached hydrogen (secondary N) is 1. The molecule has 0 aliphatic carbocycles.